The van der Waals surface area contributed by atoms with Gasteiger partial charge in [-0.1, -0.05) is 37.9 Å². The number of hydrogen-bond acceptors (Lipinski definition) is 1. The third kappa shape index (κ3) is 1.46. The van der Waals surface area contributed by atoms with Crippen molar-refractivity contribution in [3.05, 3.63) is 35.1 Å². The predicted octanol–water partition coefficient (Wildman–Crippen LogP) is 3.05. The van der Waals surface area contributed by atoms with Crippen LogP contribution in [0.25, 0.3) is 0 Å². The van der Waals surface area contributed by atoms with Crippen molar-refractivity contribution in [2.45, 2.75) is 9.65 Å². The molecule has 1 aliphatic carbocycles. The number of rotatable bonds is 0. The van der Waals surface area contributed by atoms with Gasteiger partial charge >= 0.3 is 0 Å². The Morgan fingerprint density at radius 2 is 2.08 bits per heavy atom. The average molecular weight is 308 g/mol. The number of fused-ring (bicyclic) bond motifs is 1. The molecule has 1 nitrogen and oxygen atoms in total. The first-order valence-corrected chi connectivity index (χ1v) is 5.30. The highest BCUT2D eigenvalue weighted by molar-refractivity contribution is 9.26. The van der Waals surface area contributed by atoms with Crippen LogP contribution >= 0.6 is 31.9 Å². The fourth-order valence-corrected chi connectivity index (χ4v) is 2.46. The molecule has 0 saturated heterocycles. The maximum absolute atomic E-state index is 12.8. The second kappa shape index (κ2) is 2.89. The van der Waals surface area contributed by atoms with Crippen molar-refractivity contribution < 1.29 is 9.18 Å². The lowest BCUT2D eigenvalue weighted by Crippen LogP contribution is -2.19. The molecule has 0 fully saturated rings. The van der Waals surface area contributed by atoms with Gasteiger partial charge in [0.2, 0.25) is 0 Å². The second-order valence-electron chi connectivity index (χ2n) is 3.01. The van der Waals surface area contributed by atoms with Gasteiger partial charge in [0.25, 0.3) is 0 Å². The summed E-state index contributed by atoms with van der Waals surface area (Å²) in [5.74, 6) is -0.480. The highest BCUT2D eigenvalue weighted by Gasteiger charge is 2.41. The molecule has 13 heavy (non-hydrogen) atoms. The van der Waals surface area contributed by atoms with E-state index in [1.165, 1.54) is 12.1 Å². The molecule has 68 valence electrons. The van der Waals surface area contributed by atoms with Crippen LogP contribution in [0.4, 0.5) is 4.39 Å². The smallest absolute Gasteiger partial charge is 0.190 e. The molecule has 0 aromatic heterocycles. The molecule has 0 radical (unpaired) electrons. The number of alkyl halides is 2. The molecule has 0 amide bonds. The quantitative estimate of drug-likeness (QED) is 0.673. The van der Waals surface area contributed by atoms with Crippen molar-refractivity contribution >= 4 is 37.6 Å². The van der Waals surface area contributed by atoms with Gasteiger partial charge in [-0.05, 0) is 17.7 Å². The number of benzene rings is 1. The zero-order valence-electron chi connectivity index (χ0n) is 6.48. The molecule has 1 aromatic carbocycles. The van der Waals surface area contributed by atoms with E-state index >= 15 is 0 Å². The van der Waals surface area contributed by atoms with Gasteiger partial charge in [-0.2, -0.15) is 0 Å². The van der Waals surface area contributed by atoms with Gasteiger partial charge < -0.3 is 0 Å². The molecular formula is C9H5Br2FO. The Balaban J connectivity index is 2.57. The lowest BCUT2D eigenvalue weighted by Gasteiger charge is -2.07. The topological polar surface area (TPSA) is 17.1 Å². The van der Waals surface area contributed by atoms with E-state index in [2.05, 4.69) is 31.9 Å². The molecule has 0 aliphatic heterocycles. The molecule has 0 spiro atoms. The Kier molecular flexibility index (Phi) is 2.07. The number of carbonyl (C=O) groups excluding carboxylic acids is 1. The zero-order chi connectivity index (χ0) is 9.64. The number of Topliss-reactive ketones (excluding diaryl/α,β-unsaturated/α-hetero) is 1. The van der Waals surface area contributed by atoms with E-state index < -0.39 is 3.23 Å². The summed E-state index contributed by atoms with van der Waals surface area (Å²) < 4.78 is 12.1. The molecule has 0 N–H and O–H groups in total. The maximum Gasteiger partial charge on any atom is 0.190 e. The van der Waals surface area contributed by atoms with Gasteiger partial charge in [0.1, 0.15) is 9.05 Å². The fourth-order valence-electron chi connectivity index (χ4n) is 1.43. The summed E-state index contributed by atoms with van der Waals surface area (Å²) in [6.45, 7) is 0. The van der Waals surface area contributed by atoms with E-state index in [1.54, 1.807) is 6.07 Å². The third-order valence-corrected chi connectivity index (χ3v) is 3.34. The van der Waals surface area contributed by atoms with E-state index in [-0.39, 0.29) is 11.6 Å². The Labute approximate surface area is 91.6 Å². The summed E-state index contributed by atoms with van der Waals surface area (Å²) >= 11 is 6.52. The minimum Gasteiger partial charge on any atom is -0.292 e. The van der Waals surface area contributed by atoms with Gasteiger partial charge in [-0.25, -0.2) is 4.39 Å². The van der Waals surface area contributed by atoms with E-state index in [0.717, 1.165) is 5.56 Å². The molecule has 0 bridgehead atoms. The summed E-state index contributed by atoms with van der Waals surface area (Å²) in [5, 5.41) is 0. The Morgan fingerprint density at radius 1 is 1.38 bits per heavy atom. The van der Waals surface area contributed by atoms with Crippen molar-refractivity contribution in [3.63, 3.8) is 0 Å². The zero-order valence-corrected chi connectivity index (χ0v) is 9.65. The van der Waals surface area contributed by atoms with Gasteiger partial charge in [-0.3, -0.25) is 4.79 Å². The van der Waals surface area contributed by atoms with Crippen LogP contribution < -0.4 is 0 Å². The molecule has 0 atom stereocenters. The average Bonchev–Trinajstić information content (AvgIpc) is 2.26. The van der Waals surface area contributed by atoms with Crippen molar-refractivity contribution in [1.29, 1.82) is 0 Å². The van der Waals surface area contributed by atoms with Crippen LogP contribution in [0.15, 0.2) is 18.2 Å². The first kappa shape index (κ1) is 9.34. The molecular weight excluding hydrogens is 303 g/mol. The van der Waals surface area contributed by atoms with Gasteiger partial charge in [0.05, 0.1) is 0 Å². The molecule has 1 aliphatic rings. The molecule has 1 aromatic rings. The highest BCUT2D eigenvalue weighted by atomic mass is 79.9. The SMILES string of the molecule is O=C1c2cc(F)ccc2CC1(Br)Br. The third-order valence-electron chi connectivity index (χ3n) is 2.06. The summed E-state index contributed by atoms with van der Waals surface area (Å²) in [4.78, 5) is 11.6. The molecule has 0 heterocycles. The summed E-state index contributed by atoms with van der Waals surface area (Å²) in [5.41, 5.74) is 1.34. The van der Waals surface area contributed by atoms with Crippen molar-refractivity contribution in [2.24, 2.45) is 0 Å². The first-order chi connectivity index (χ1) is 6.00. The lowest BCUT2D eigenvalue weighted by atomic mass is 10.1. The van der Waals surface area contributed by atoms with Gasteiger partial charge in [-0.15, -0.1) is 0 Å². The number of ketones is 1. The monoisotopic (exact) mass is 306 g/mol. The van der Waals surface area contributed by atoms with Crippen LogP contribution in [0.3, 0.4) is 0 Å². The maximum atomic E-state index is 12.8. The first-order valence-electron chi connectivity index (χ1n) is 3.72. The standard InChI is InChI=1S/C9H5Br2FO/c10-9(11)4-5-1-2-6(12)3-7(5)8(9)13/h1-3H,4H2. The van der Waals surface area contributed by atoms with Crippen LogP contribution in [0.2, 0.25) is 0 Å². The molecule has 4 heteroatoms. The van der Waals surface area contributed by atoms with E-state index in [4.69, 9.17) is 0 Å². The van der Waals surface area contributed by atoms with E-state index in [1.807, 2.05) is 0 Å². The minimum absolute atomic E-state index is 0.109. The van der Waals surface area contributed by atoms with Gasteiger partial charge in [0, 0.05) is 12.0 Å². The molecule has 2 rings (SSSR count). The second-order valence-corrected chi connectivity index (χ2v) is 6.78. The number of carbonyl (C=O) groups is 1. The normalized spacial score (nSPS) is 18.8. The van der Waals surface area contributed by atoms with E-state index in [0.29, 0.717) is 12.0 Å². The highest BCUT2D eigenvalue weighted by Crippen LogP contribution is 2.41. The molecule has 0 saturated carbocycles. The predicted molar refractivity (Wildman–Crippen MR) is 55.0 cm³/mol. The van der Waals surface area contributed by atoms with Crippen molar-refractivity contribution in [1.82, 2.24) is 0 Å². The van der Waals surface area contributed by atoms with Crippen LogP contribution in [-0.4, -0.2) is 9.02 Å². The largest absolute Gasteiger partial charge is 0.292 e. The summed E-state index contributed by atoms with van der Waals surface area (Å²) in [6.07, 6.45) is 0.557. The number of hydrogen-bond donors (Lipinski definition) is 0. The Bertz CT molecular complexity index is 387. The minimum atomic E-state index is -0.726. The summed E-state index contributed by atoms with van der Waals surface area (Å²) in [6, 6.07) is 4.29. The van der Waals surface area contributed by atoms with Crippen LogP contribution in [0.1, 0.15) is 15.9 Å². The van der Waals surface area contributed by atoms with Crippen LogP contribution in [0.5, 0.6) is 0 Å². The number of halogens is 3. The fraction of sp³-hybridized carbons (Fsp3) is 0.222. The Hall–Kier alpha value is -0.220. The summed E-state index contributed by atoms with van der Waals surface area (Å²) in [7, 11) is 0. The van der Waals surface area contributed by atoms with Crippen molar-refractivity contribution in [3.8, 4) is 0 Å². The van der Waals surface area contributed by atoms with Crippen molar-refractivity contribution in [2.75, 3.05) is 0 Å². The molecule has 0 unspecified atom stereocenters. The van der Waals surface area contributed by atoms with Crippen LogP contribution in [-0.2, 0) is 6.42 Å². The van der Waals surface area contributed by atoms with E-state index in [9.17, 15) is 9.18 Å². The van der Waals surface area contributed by atoms with Gasteiger partial charge in [0.15, 0.2) is 5.78 Å². The van der Waals surface area contributed by atoms with Crippen LogP contribution in [0, 0.1) is 5.82 Å². The Morgan fingerprint density at radius 3 is 2.77 bits per heavy atom. The lowest BCUT2D eigenvalue weighted by molar-refractivity contribution is 0.0994.